The summed E-state index contributed by atoms with van der Waals surface area (Å²) in [5.41, 5.74) is 0.665. The molecule has 0 radical (unpaired) electrons. The summed E-state index contributed by atoms with van der Waals surface area (Å²) in [5, 5.41) is 3.33. The first-order valence-corrected chi connectivity index (χ1v) is 6.87. The number of amides is 1. The zero-order chi connectivity index (χ0) is 12.5. The minimum Gasteiger partial charge on any atom is -0.331 e. The van der Waals surface area contributed by atoms with Gasteiger partial charge in [0, 0.05) is 28.8 Å². The molecule has 2 rings (SSSR count). The lowest BCUT2D eigenvalue weighted by molar-refractivity contribution is 0.0477. The van der Waals surface area contributed by atoms with Crippen LogP contribution < -0.4 is 5.32 Å². The van der Waals surface area contributed by atoms with Crippen LogP contribution in [0.3, 0.4) is 0 Å². The Bertz CT molecular complexity index is 414. The van der Waals surface area contributed by atoms with Gasteiger partial charge in [-0.25, -0.2) is 0 Å². The van der Waals surface area contributed by atoms with Gasteiger partial charge in [-0.15, -0.1) is 0 Å². The van der Waals surface area contributed by atoms with Crippen LogP contribution in [0.2, 0.25) is 0 Å². The van der Waals surface area contributed by atoms with Crippen LogP contribution in [0.4, 0.5) is 0 Å². The van der Waals surface area contributed by atoms with E-state index in [1.807, 2.05) is 29.2 Å². The van der Waals surface area contributed by atoms with Crippen molar-refractivity contribution < 1.29 is 4.79 Å². The van der Waals surface area contributed by atoms with Crippen molar-refractivity contribution in [3.63, 3.8) is 0 Å². The van der Waals surface area contributed by atoms with E-state index >= 15 is 0 Å². The largest absolute Gasteiger partial charge is 0.331 e. The van der Waals surface area contributed by atoms with Crippen LogP contribution in [-0.2, 0) is 0 Å². The standard InChI is InChI=1S/C13H17IN2O/c1-13(2)9-15-7-8-16(13)12(17)10-3-5-11(14)6-4-10/h3-6,15H,7-9H2,1-2H3. The summed E-state index contributed by atoms with van der Waals surface area (Å²) in [7, 11) is 0. The van der Waals surface area contributed by atoms with Crippen molar-refractivity contribution in [2.45, 2.75) is 19.4 Å². The summed E-state index contributed by atoms with van der Waals surface area (Å²) in [6.07, 6.45) is 0. The molecule has 0 aliphatic carbocycles. The Labute approximate surface area is 116 Å². The Kier molecular flexibility index (Phi) is 3.73. The lowest BCUT2D eigenvalue weighted by Gasteiger charge is -2.42. The molecule has 0 unspecified atom stereocenters. The number of benzene rings is 1. The number of halogens is 1. The molecular formula is C13H17IN2O. The molecule has 1 aromatic carbocycles. The molecule has 3 nitrogen and oxygen atoms in total. The van der Waals surface area contributed by atoms with Gasteiger partial charge in [0.25, 0.3) is 5.91 Å². The maximum Gasteiger partial charge on any atom is 0.254 e. The van der Waals surface area contributed by atoms with Gasteiger partial charge in [-0.1, -0.05) is 0 Å². The summed E-state index contributed by atoms with van der Waals surface area (Å²) in [4.78, 5) is 14.4. The summed E-state index contributed by atoms with van der Waals surface area (Å²) < 4.78 is 1.15. The van der Waals surface area contributed by atoms with Crippen LogP contribution >= 0.6 is 22.6 Å². The molecule has 0 bridgehead atoms. The number of hydrogen-bond acceptors (Lipinski definition) is 2. The molecule has 17 heavy (non-hydrogen) atoms. The van der Waals surface area contributed by atoms with Crippen LogP contribution in [-0.4, -0.2) is 36.0 Å². The van der Waals surface area contributed by atoms with Crippen molar-refractivity contribution in [3.05, 3.63) is 33.4 Å². The minimum absolute atomic E-state index is 0.113. The first-order chi connectivity index (χ1) is 8.00. The van der Waals surface area contributed by atoms with E-state index in [9.17, 15) is 4.79 Å². The third kappa shape index (κ3) is 2.80. The van der Waals surface area contributed by atoms with Crippen molar-refractivity contribution in [3.8, 4) is 0 Å². The van der Waals surface area contributed by atoms with Gasteiger partial charge in [-0.3, -0.25) is 4.79 Å². The first-order valence-electron chi connectivity index (χ1n) is 5.79. The third-order valence-electron chi connectivity index (χ3n) is 3.14. The highest BCUT2D eigenvalue weighted by Crippen LogP contribution is 2.20. The molecule has 0 aromatic heterocycles. The number of nitrogens with zero attached hydrogens (tertiary/aromatic N) is 1. The van der Waals surface area contributed by atoms with Gasteiger partial charge in [0.15, 0.2) is 0 Å². The van der Waals surface area contributed by atoms with Gasteiger partial charge >= 0.3 is 0 Å². The Morgan fingerprint density at radius 2 is 2.00 bits per heavy atom. The van der Waals surface area contributed by atoms with Crippen molar-refractivity contribution in [2.24, 2.45) is 0 Å². The first kappa shape index (κ1) is 12.8. The van der Waals surface area contributed by atoms with E-state index in [0.717, 1.165) is 28.8 Å². The molecule has 1 N–H and O–H groups in total. The second-order valence-electron chi connectivity index (χ2n) is 4.95. The monoisotopic (exact) mass is 344 g/mol. The van der Waals surface area contributed by atoms with Crippen LogP contribution in [0.1, 0.15) is 24.2 Å². The average Bonchev–Trinajstić information content (AvgIpc) is 2.28. The van der Waals surface area contributed by atoms with E-state index < -0.39 is 0 Å². The number of carbonyl (C=O) groups is 1. The topological polar surface area (TPSA) is 32.3 Å². The normalized spacial score (nSPS) is 19.1. The summed E-state index contributed by atoms with van der Waals surface area (Å²) in [5.74, 6) is 0.132. The molecule has 1 aliphatic heterocycles. The number of piperazine rings is 1. The van der Waals surface area contributed by atoms with E-state index in [0.29, 0.717) is 0 Å². The summed E-state index contributed by atoms with van der Waals surface area (Å²) >= 11 is 2.25. The van der Waals surface area contributed by atoms with Crippen LogP contribution in [0.25, 0.3) is 0 Å². The van der Waals surface area contributed by atoms with Gasteiger partial charge < -0.3 is 10.2 Å². The Hall–Kier alpha value is -0.620. The Morgan fingerprint density at radius 1 is 1.35 bits per heavy atom. The van der Waals surface area contributed by atoms with Crippen molar-refractivity contribution >= 4 is 28.5 Å². The molecule has 0 spiro atoms. The smallest absolute Gasteiger partial charge is 0.254 e. The number of carbonyl (C=O) groups excluding carboxylic acids is 1. The van der Waals surface area contributed by atoms with Gasteiger partial charge in [0.2, 0.25) is 0 Å². The molecule has 1 fully saturated rings. The van der Waals surface area contributed by atoms with Crippen molar-refractivity contribution in [1.82, 2.24) is 10.2 Å². The van der Waals surface area contributed by atoms with E-state index in [1.165, 1.54) is 0 Å². The molecular weight excluding hydrogens is 327 g/mol. The zero-order valence-corrected chi connectivity index (χ0v) is 12.3. The Morgan fingerprint density at radius 3 is 2.59 bits per heavy atom. The fraction of sp³-hybridized carbons (Fsp3) is 0.462. The number of hydrogen-bond donors (Lipinski definition) is 1. The highest BCUT2D eigenvalue weighted by atomic mass is 127. The van der Waals surface area contributed by atoms with Crippen molar-refractivity contribution in [1.29, 1.82) is 0 Å². The predicted octanol–water partition coefficient (Wildman–Crippen LogP) is 2.12. The average molecular weight is 344 g/mol. The second-order valence-corrected chi connectivity index (χ2v) is 6.20. The third-order valence-corrected chi connectivity index (χ3v) is 3.86. The fourth-order valence-corrected chi connectivity index (χ4v) is 2.47. The molecule has 1 aliphatic rings. The molecule has 1 amide bonds. The zero-order valence-electron chi connectivity index (χ0n) is 10.2. The summed E-state index contributed by atoms with van der Waals surface area (Å²) in [6, 6.07) is 7.76. The molecule has 1 aromatic rings. The van der Waals surface area contributed by atoms with Crippen molar-refractivity contribution in [2.75, 3.05) is 19.6 Å². The highest BCUT2D eigenvalue weighted by molar-refractivity contribution is 14.1. The van der Waals surface area contributed by atoms with Gasteiger partial charge in [-0.2, -0.15) is 0 Å². The molecule has 0 saturated carbocycles. The lowest BCUT2D eigenvalue weighted by atomic mass is 9.99. The van der Waals surface area contributed by atoms with E-state index in [-0.39, 0.29) is 11.4 Å². The van der Waals surface area contributed by atoms with Gasteiger partial charge in [0.1, 0.15) is 0 Å². The van der Waals surface area contributed by atoms with E-state index in [4.69, 9.17) is 0 Å². The predicted molar refractivity (Wildman–Crippen MR) is 77.1 cm³/mol. The van der Waals surface area contributed by atoms with Crippen LogP contribution in [0, 0.1) is 3.57 Å². The molecule has 1 heterocycles. The highest BCUT2D eigenvalue weighted by Gasteiger charge is 2.33. The van der Waals surface area contributed by atoms with E-state index in [2.05, 4.69) is 41.8 Å². The van der Waals surface area contributed by atoms with Crippen LogP contribution in [0.5, 0.6) is 0 Å². The van der Waals surface area contributed by atoms with E-state index in [1.54, 1.807) is 0 Å². The molecule has 92 valence electrons. The fourth-order valence-electron chi connectivity index (χ4n) is 2.11. The lowest BCUT2D eigenvalue weighted by Crippen LogP contribution is -2.59. The number of rotatable bonds is 1. The summed E-state index contributed by atoms with van der Waals surface area (Å²) in [6.45, 7) is 6.70. The number of nitrogens with one attached hydrogen (secondary N) is 1. The van der Waals surface area contributed by atoms with Gasteiger partial charge in [-0.05, 0) is 60.7 Å². The van der Waals surface area contributed by atoms with Crippen LogP contribution in [0.15, 0.2) is 24.3 Å². The Balaban J connectivity index is 2.21. The minimum atomic E-state index is -0.113. The quantitative estimate of drug-likeness (QED) is 0.792. The van der Waals surface area contributed by atoms with Gasteiger partial charge in [0.05, 0.1) is 5.54 Å². The molecule has 0 atom stereocenters. The SMILES string of the molecule is CC1(C)CNCCN1C(=O)c1ccc(I)cc1. The maximum absolute atomic E-state index is 12.4. The second kappa shape index (κ2) is 4.94. The molecule has 1 saturated heterocycles. The molecule has 4 heteroatoms. The maximum atomic E-state index is 12.4.